The van der Waals surface area contributed by atoms with Gasteiger partial charge in [0.05, 0.1) is 5.41 Å². The van der Waals surface area contributed by atoms with Crippen LogP contribution in [0.3, 0.4) is 0 Å². The number of carbonyl (C=O) groups excluding carboxylic acids is 1. The van der Waals surface area contributed by atoms with Crippen molar-refractivity contribution in [1.82, 2.24) is 4.90 Å². The van der Waals surface area contributed by atoms with Crippen LogP contribution in [0.1, 0.15) is 44.1 Å². The molecule has 2 aliphatic rings. The van der Waals surface area contributed by atoms with E-state index < -0.39 is 5.41 Å². The molecule has 1 N–H and O–H groups in total. The van der Waals surface area contributed by atoms with Crippen molar-refractivity contribution in [1.29, 1.82) is 0 Å². The summed E-state index contributed by atoms with van der Waals surface area (Å²) in [5.74, 6) is 0.992. The van der Waals surface area contributed by atoms with Crippen LogP contribution in [0.25, 0.3) is 0 Å². The van der Waals surface area contributed by atoms with E-state index in [0.717, 1.165) is 68.6 Å². The summed E-state index contributed by atoms with van der Waals surface area (Å²) < 4.78 is 6.11. The number of nitrogens with zero attached hydrogens (tertiary/aromatic N) is 1. The highest BCUT2D eigenvalue weighted by atomic mass is 16.5. The molecule has 0 spiro atoms. The minimum atomic E-state index is -0.398. The van der Waals surface area contributed by atoms with Gasteiger partial charge in [0.15, 0.2) is 0 Å². The Kier molecular flexibility index (Phi) is 5.67. The smallest absolute Gasteiger partial charge is 0.235 e. The molecule has 148 valence electrons. The fourth-order valence-corrected chi connectivity index (χ4v) is 4.55. The number of hydrogen-bond donors (Lipinski definition) is 1. The van der Waals surface area contributed by atoms with Crippen molar-refractivity contribution in [2.45, 2.75) is 50.0 Å². The van der Waals surface area contributed by atoms with Gasteiger partial charge in [-0.25, -0.2) is 0 Å². The molecule has 0 aromatic heterocycles. The molecule has 2 fully saturated rings. The van der Waals surface area contributed by atoms with Crippen LogP contribution in [0.2, 0.25) is 0 Å². The second-order valence-corrected chi connectivity index (χ2v) is 8.25. The first-order chi connectivity index (χ1) is 13.7. The molecular weight excluding hydrogens is 348 g/mol. The Morgan fingerprint density at radius 2 is 1.64 bits per heavy atom. The highest BCUT2D eigenvalue weighted by Gasteiger charge is 2.42. The lowest BCUT2D eigenvalue weighted by molar-refractivity contribution is -0.121. The largest absolute Gasteiger partial charge is 0.490 e. The summed E-state index contributed by atoms with van der Waals surface area (Å²) >= 11 is 0. The third kappa shape index (κ3) is 4.07. The van der Waals surface area contributed by atoms with Gasteiger partial charge in [-0.05, 0) is 62.6 Å². The van der Waals surface area contributed by atoms with Gasteiger partial charge in [0.2, 0.25) is 5.91 Å². The van der Waals surface area contributed by atoms with E-state index >= 15 is 0 Å². The van der Waals surface area contributed by atoms with Gasteiger partial charge in [0.1, 0.15) is 11.9 Å². The van der Waals surface area contributed by atoms with Crippen molar-refractivity contribution in [2.75, 3.05) is 25.5 Å². The summed E-state index contributed by atoms with van der Waals surface area (Å²) in [5, 5.41) is 3.16. The average Bonchev–Trinajstić information content (AvgIpc) is 3.23. The van der Waals surface area contributed by atoms with Crippen molar-refractivity contribution >= 4 is 11.6 Å². The molecule has 2 aromatic rings. The highest BCUT2D eigenvalue weighted by molar-refractivity contribution is 5.99. The summed E-state index contributed by atoms with van der Waals surface area (Å²) in [6, 6.07) is 18.1. The maximum absolute atomic E-state index is 13.2. The molecular formula is C24H30N2O2. The van der Waals surface area contributed by atoms with Crippen molar-refractivity contribution in [2.24, 2.45) is 0 Å². The lowest BCUT2D eigenvalue weighted by atomic mass is 9.78. The first kappa shape index (κ1) is 19.0. The van der Waals surface area contributed by atoms with Crippen LogP contribution < -0.4 is 10.1 Å². The number of amides is 1. The summed E-state index contributed by atoms with van der Waals surface area (Å²) in [6.45, 7) is 2.17. The lowest BCUT2D eigenvalue weighted by Gasteiger charge is -2.29. The van der Waals surface area contributed by atoms with Gasteiger partial charge in [-0.2, -0.15) is 0 Å². The van der Waals surface area contributed by atoms with Gasteiger partial charge in [0.25, 0.3) is 0 Å². The zero-order valence-electron chi connectivity index (χ0n) is 16.7. The number of hydrogen-bond acceptors (Lipinski definition) is 3. The number of anilines is 1. The van der Waals surface area contributed by atoms with Gasteiger partial charge >= 0.3 is 0 Å². The molecule has 2 aromatic carbocycles. The van der Waals surface area contributed by atoms with Crippen LogP contribution in [0.5, 0.6) is 5.75 Å². The van der Waals surface area contributed by atoms with Gasteiger partial charge in [-0.1, -0.05) is 43.2 Å². The molecule has 1 saturated carbocycles. The lowest BCUT2D eigenvalue weighted by Crippen LogP contribution is -2.38. The van der Waals surface area contributed by atoms with Crippen LogP contribution in [-0.2, 0) is 10.2 Å². The Labute approximate surface area is 167 Å². The van der Waals surface area contributed by atoms with E-state index in [1.54, 1.807) is 0 Å². The number of ether oxygens (including phenoxy) is 1. The quantitative estimate of drug-likeness (QED) is 0.826. The van der Waals surface area contributed by atoms with Crippen molar-refractivity contribution < 1.29 is 9.53 Å². The van der Waals surface area contributed by atoms with Gasteiger partial charge < -0.3 is 15.0 Å². The molecule has 1 aliphatic carbocycles. The number of rotatable bonds is 5. The van der Waals surface area contributed by atoms with E-state index in [4.69, 9.17) is 4.74 Å². The van der Waals surface area contributed by atoms with Crippen LogP contribution in [0, 0.1) is 0 Å². The molecule has 1 amide bonds. The van der Waals surface area contributed by atoms with E-state index in [0.29, 0.717) is 0 Å². The highest BCUT2D eigenvalue weighted by Crippen LogP contribution is 2.42. The molecule has 1 aliphatic heterocycles. The molecule has 4 rings (SSSR count). The molecule has 0 atom stereocenters. The molecule has 0 unspecified atom stereocenters. The zero-order valence-corrected chi connectivity index (χ0v) is 16.7. The maximum atomic E-state index is 13.2. The number of likely N-dealkylation sites (tertiary alicyclic amines) is 1. The Morgan fingerprint density at radius 1 is 1.00 bits per heavy atom. The Balaban J connectivity index is 1.41. The standard InChI is InChI=1S/C24H30N2O2/c1-26-17-13-22(14-18-26)28-21-11-9-20(10-12-21)25-23(27)24(15-5-6-16-24)19-7-3-2-4-8-19/h2-4,7-12,22H,5-6,13-18H2,1H3,(H,25,27). The van der Waals surface area contributed by atoms with Crippen molar-refractivity contribution in [3.8, 4) is 5.75 Å². The van der Waals surface area contributed by atoms with Crippen molar-refractivity contribution in [3.05, 3.63) is 60.2 Å². The summed E-state index contributed by atoms with van der Waals surface area (Å²) in [6.07, 6.45) is 6.46. The number of nitrogens with one attached hydrogen (secondary N) is 1. The number of piperidine rings is 1. The third-order valence-corrected chi connectivity index (χ3v) is 6.30. The van der Waals surface area contributed by atoms with Crippen LogP contribution in [0.4, 0.5) is 5.69 Å². The Hall–Kier alpha value is -2.33. The first-order valence-electron chi connectivity index (χ1n) is 10.5. The minimum absolute atomic E-state index is 0.111. The fraction of sp³-hybridized carbons (Fsp3) is 0.458. The number of carbonyl (C=O) groups is 1. The van der Waals surface area contributed by atoms with Gasteiger partial charge in [-0.15, -0.1) is 0 Å². The molecule has 0 radical (unpaired) electrons. The predicted molar refractivity (Wildman–Crippen MR) is 113 cm³/mol. The molecule has 4 heteroatoms. The third-order valence-electron chi connectivity index (χ3n) is 6.30. The number of benzene rings is 2. The van der Waals surface area contributed by atoms with E-state index in [1.807, 2.05) is 42.5 Å². The van der Waals surface area contributed by atoms with Crippen LogP contribution in [0.15, 0.2) is 54.6 Å². The Bertz CT molecular complexity index is 774. The molecule has 1 heterocycles. The zero-order chi connectivity index (χ0) is 19.4. The fourth-order valence-electron chi connectivity index (χ4n) is 4.55. The monoisotopic (exact) mass is 378 g/mol. The van der Waals surface area contributed by atoms with E-state index in [9.17, 15) is 4.79 Å². The summed E-state index contributed by atoms with van der Waals surface area (Å²) in [5.41, 5.74) is 1.57. The molecule has 0 bridgehead atoms. The summed E-state index contributed by atoms with van der Waals surface area (Å²) in [7, 11) is 2.15. The SMILES string of the molecule is CN1CCC(Oc2ccc(NC(=O)C3(c4ccccc4)CCCC3)cc2)CC1. The molecule has 1 saturated heterocycles. The summed E-state index contributed by atoms with van der Waals surface area (Å²) in [4.78, 5) is 15.6. The van der Waals surface area contributed by atoms with Gasteiger partial charge in [-0.3, -0.25) is 4.79 Å². The normalized spacial score (nSPS) is 20.0. The molecule has 4 nitrogen and oxygen atoms in total. The average molecular weight is 379 g/mol. The van der Waals surface area contributed by atoms with E-state index in [1.165, 1.54) is 0 Å². The van der Waals surface area contributed by atoms with Crippen LogP contribution >= 0.6 is 0 Å². The first-order valence-corrected chi connectivity index (χ1v) is 10.5. The topological polar surface area (TPSA) is 41.6 Å². The second-order valence-electron chi connectivity index (χ2n) is 8.25. The minimum Gasteiger partial charge on any atom is -0.490 e. The Morgan fingerprint density at radius 3 is 2.29 bits per heavy atom. The van der Waals surface area contributed by atoms with E-state index in [-0.39, 0.29) is 12.0 Å². The van der Waals surface area contributed by atoms with E-state index in [2.05, 4.69) is 29.4 Å². The van der Waals surface area contributed by atoms with Gasteiger partial charge in [0, 0.05) is 18.8 Å². The molecule has 28 heavy (non-hydrogen) atoms. The second kappa shape index (κ2) is 8.36. The maximum Gasteiger partial charge on any atom is 0.235 e. The van der Waals surface area contributed by atoms with Crippen molar-refractivity contribution in [3.63, 3.8) is 0 Å². The van der Waals surface area contributed by atoms with Crippen LogP contribution in [-0.4, -0.2) is 37.0 Å². The predicted octanol–water partition coefficient (Wildman–Crippen LogP) is 4.61.